The summed E-state index contributed by atoms with van der Waals surface area (Å²) in [5.74, 6) is 2.29. The number of hydrogen-bond acceptors (Lipinski definition) is 10. The molecule has 1 saturated heterocycles. The van der Waals surface area contributed by atoms with Crippen LogP contribution in [0.1, 0.15) is 10.6 Å². The third-order valence-electron chi connectivity index (χ3n) is 6.21. The molecule has 0 atom stereocenters. The van der Waals surface area contributed by atoms with Crippen molar-refractivity contribution in [1.29, 1.82) is 0 Å². The summed E-state index contributed by atoms with van der Waals surface area (Å²) < 4.78 is 15.9. The highest BCUT2D eigenvalue weighted by Crippen LogP contribution is 2.34. The molecule has 6 rings (SSSR count). The van der Waals surface area contributed by atoms with Gasteiger partial charge in [-0.15, -0.1) is 0 Å². The van der Waals surface area contributed by atoms with Gasteiger partial charge in [0.25, 0.3) is 5.91 Å². The highest BCUT2D eigenvalue weighted by Gasteiger charge is 2.25. The molecule has 1 aliphatic rings. The van der Waals surface area contributed by atoms with Crippen LogP contribution in [0, 0.1) is 0 Å². The number of ether oxygens (including phenoxy) is 2. The normalized spacial score (nSPS) is 13.2. The van der Waals surface area contributed by atoms with E-state index in [1.807, 2.05) is 35.4 Å². The molecule has 4 heterocycles. The van der Waals surface area contributed by atoms with Gasteiger partial charge in [-0.2, -0.15) is 4.98 Å². The van der Waals surface area contributed by atoms with E-state index in [2.05, 4.69) is 19.9 Å². The summed E-state index contributed by atoms with van der Waals surface area (Å²) in [5.41, 5.74) is 7.84. The van der Waals surface area contributed by atoms with Gasteiger partial charge in [0.15, 0.2) is 17.3 Å². The number of nitrogens with zero attached hydrogens (tertiary/aromatic N) is 6. The van der Waals surface area contributed by atoms with Crippen LogP contribution in [0.2, 0.25) is 0 Å². The number of fused-ring (bicyclic) bond motifs is 2. The second-order valence-corrected chi connectivity index (χ2v) is 8.47. The first-order chi connectivity index (χ1) is 18.6. The predicted molar refractivity (Wildman–Crippen MR) is 143 cm³/mol. The first kappa shape index (κ1) is 24.8. The molecule has 1 aliphatic heterocycles. The Kier molecular flexibility index (Phi) is 7.16. The molecule has 1 fully saturated rings. The van der Waals surface area contributed by atoms with Crippen LogP contribution >= 0.6 is 0 Å². The average molecular weight is 514 g/mol. The second kappa shape index (κ2) is 11.0. The van der Waals surface area contributed by atoms with E-state index in [1.54, 1.807) is 49.7 Å². The lowest BCUT2D eigenvalue weighted by Crippen LogP contribution is -2.49. The molecule has 11 heteroatoms. The number of benzene rings is 2. The number of carbonyl (C=O) groups is 1. The van der Waals surface area contributed by atoms with Crippen molar-refractivity contribution in [2.75, 3.05) is 51.0 Å². The summed E-state index contributed by atoms with van der Waals surface area (Å²) in [6, 6.07) is 14.8. The number of carbonyl (C=O) groups excluding carboxylic acids is 1. The molecule has 0 bridgehead atoms. The second-order valence-electron chi connectivity index (χ2n) is 8.47. The van der Waals surface area contributed by atoms with Crippen molar-refractivity contribution in [2.45, 2.75) is 0 Å². The minimum Gasteiger partial charge on any atom is -0.493 e. The number of amides is 1. The van der Waals surface area contributed by atoms with Crippen LogP contribution < -0.4 is 20.1 Å². The van der Waals surface area contributed by atoms with Gasteiger partial charge in [0.2, 0.25) is 5.95 Å². The Bertz CT molecular complexity index is 1490. The molecular formula is C27H27N7O4. The maximum Gasteiger partial charge on any atom is 0.289 e. The number of piperazine rings is 1. The third kappa shape index (κ3) is 5.12. The molecule has 0 spiro atoms. The molecule has 0 aliphatic carbocycles. The van der Waals surface area contributed by atoms with E-state index < -0.39 is 0 Å². The Morgan fingerprint density at radius 3 is 2.42 bits per heavy atom. The topological polar surface area (TPSA) is 133 Å². The molecule has 0 unspecified atom stereocenters. The van der Waals surface area contributed by atoms with Gasteiger partial charge in [0.1, 0.15) is 12.1 Å². The van der Waals surface area contributed by atoms with Crippen molar-refractivity contribution in [3.05, 3.63) is 73.1 Å². The van der Waals surface area contributed by atoms with Gasteiger partial charge >= 0.3 is 0 Å². The first-order valence-corrected chi connectivity index (χ1v) is 12.0. The number of rotatable bonds is 4. The number of nitrogen functional groups attached to an aromatic ring is 1. The van der Waals surface area contributed by atoms with Crippen molar-refractivity contribution in [3.63, 3.8) is 0 Å². The highest BCUT2D eigenvalue weighted by molar-refractivity contribution is 5.92. The fraction of sp³-hybridized carbons (Fsp3) is 0.222. The molecule has 2 aromatic carbocycles. The van der Waals surface area contributed by atoms with Gasteiger partial charge in [-0.3, -0.25) is 4.79 Å². The van der Waals surface area contributed by atoms with Gasteiger partial charge in [-0.05, 0) is 24.3 Å². The maximum atomic E-state index is 12.4. The van der Waals surface area contributed by atoms with Crippen molar-refractivity contribution < 1.29 is 18.7 Å². The molecular weight excluding hydrogens is 486 g/mol. The number of furan rings is 1. The van der Waals surface area contributed by atoms with Crippen LogP contribution in [0.4, 0.5) is 11.8 Å². The van der Waals surface area contributed by atoms with Gasteiger partial charge in [-0.25, -0.2) is 15.0 Å². The van der Waals surface area contributed by atoms with E-state index in [0.29, 0.717) is 66.1 Å². The number of nitrogens with two attached hydrogens (primary N) is 1. The Hall–Kier alpha value is -4.93. The summed E-state index contributed by atoms with van der Waals surface area (Å²) in [5, 5.41) is 1.79. The lowest BCUT2D eigenvalue weighted by Gasteiger charge is -2.34. The summed E-state index contributed by atoms with van der Waals surface area (Å²) in [4.78, 5) is 33.2. The van der Waals surface area contributed by atoms with E-state index in [4.69, 9.17) is 19.6 Å². The van der Waals surface area contributed by atoms with E-state index in [1.165, 1.54) is 6.26 Å². The largest absolute Gasteiger partial charge is 0.493 e. The third-order valence-corrected chi connectivity index (χ3v) is 6.21. The van der Waals surface area contributed by atoms with Crippen molar-refractivity contribution >= 4 is 39.5 Å². The van der Waals surface area contributed by atoms with Crippen LogP contribution in [-0.2, 0) is 0 Å². The molecule has 194 valence electrons. The minimum absolute atomic E-state index is 0.111. The smallest absolute Gasteiger partial charge is 0.289 e. The summed E-state index contributed by atoms with van der Waals surface area (Å²) in [6.07, 6.45) is 4.86. The first-order valence-electron chi connectivity index (χ1n) is 12.0. The molecule has 0 radical (unpaired) electrons. The molecule has 0 saturated carbocycles. The molecule has 2 N–H and O–H groups in total. The maximum absolute atomic E-state index is 12.4. The number of anilines is 2. The standard InChI is InChI=1S/C19H21N5O4.C8H6N2/c1-26-15-10-12-13(11-16(15)27-2)21-19(22-17(12)20)24-7-5-23(6-8-24)18(25)14-4-3-9-28-14;1-2-4-8-7(3-1)5-9-6-10-8/h3-4,9-11H,5-8H2,1-2H3,(H2,20,21,22);1-6H. The van der Waals surface area contributed by atoms with Gasteiger partial charge in [0, 0.05) is 49.2 Å². The Balaban J connectivity index is 0.000000244. The predicted octanol–water partition coefficient (Wildman–Crippen LogP) is 3.41. The summed E-state index contributed by atoms with van der Waals surface area (Å²) in [7, 11) is 3.14. The fourth-order valence-electron chi connectivity index (χ4n) is 4.20. The molecule has 38 heavy (non-hydrogen) atoms. The number of methoxy groups -OCH3 is 2. The Morgan fingerprint density at radius 2 is 1.71 bits per heavy atom. The van der Waals surface area contributed by atoms with E-state index >= 15 is 0 Å². The van der Waals surface area contributed by atoms with E-state index in [0.717, 1.165) is 10.9 Å². The molecule has 5 aromatic rings. The zero-order valence-electron chi connectivity index (χ0n) is 21.1. The molecule has 11 nitrogen and oxygen atoms in total. The lowest BCUT2D eigenvalue weighted by atomic mass is 10.2. The molecule has 3 aromatic heterocycles. The SMILES string of the molecule is COc1cc2nc(N3CCN(C(=O)c4ccco4)CC3)nc(N)c2cc1OC.c1ccc2ncncc2c1. The van der Waals surface area contributed by atoms with Crippen LogP contribution in [0.25, 0.3) is 21.8 Å². The van der Waals surface area contributed by atoms with E-state index in [-0.39, 0.29) is 5.91 Å². The number of hydrogen-bond donors (Lipinski definition) is 1. The molecule has 1 amide bonds. The Labute approximate surface area is 218 Å². The number of para-hydroxylation sites is 1. The van der Waals surface area contributed by atoms with Crippen LogP contribution in [0.5, 0.6) is 11.5 Å². The highest BCUT2D eigenvalue weighted by atomic mass is 16.5. The quantitative estimate of drug-likeness (QED) is 0.381. The monoisotopic (exact) mass is 513 g/mol. The van der Waals surface area contributed by atoms with Crippen molar-refractivity contribution in [1.82, 2.24) is 24.8 Å². The summed E-state index contributed by atoms with van der Waals surface area (Å²) >= 11 is 0. The van der Waals surface area contributed by atoms with Crippen molar-refractivity contribution in [3.8, 4) is 11.5 Å². The zero-order chi connectivity index (χ0) is 26.5. The lowest BCUT2D eigenvalue weighted by molar-refractivity contribution is 0.0714. The zero-order valence-corrected chi connectivity index (χ0v) is 21.1. The Morgan fingerprint density at radius 1 is 0.947 bits per heavy atom. The van der Waals surface area contributed by atoms with Crippen LogP contribution in [0.15, 0.2) is 71.7 Å². The average Bonchev–Trinajstić information content (AvgIpc) is 3.52. The van der Waals surface area contributed by atoms with Gasteiger partial charge in [-0.1, -0.05) is 18.2 Å². The van der Waals surface area contributed by atoms with Crippen molar-refractivity contribution in [2.24, 2.45) is 0 Å². The van der Waals surface area contributed by atoms with Crippen LogP contribution in [0.3, 0.4) is 0 Å². The van der Waals surface area contributed by atoms with E-state index in [9.17, 15) is 4.79 Å². The fourth-order valence-corrected chi connectivity index (χ4v) is 4.20. The van der Waals surface area contributed by atoms with Gasteiger partial charge < -0.3 is 29.4 Å². The summed E-state index contributed by atoms with van der Waals surface area (Å²) in [6.45, 7) is 2.30. The minimum atomic E-state index is -0.111. The number of aromatic nitrogens is 4. The van der Waals surface area contributed by atoms with Crippen LogP contribution in [-0.4, -0.2) is 71.1 Å². The van der Waals surface area contributed by atoms with Gasteiger partial charge in [0.05, 0.1) is 31.5 Å².